The number of nitrogens with zero attached hydrogens (tertiary/aromatic N) is 1. The summed E-state index contributed by atoms with van der Waals surface area (Å²) in [5.74, 6) is -1.72. The van der Waals surface area contributed by atoms with Crippen LogP contribution in [0.3, 0.4) is 0 Å². The van der Waals surface area contributed by atoms with Crippen LogP contribution in [0.2, 0.25) is 0 Å². The smallest absolute Gasteiger partial charge is 0.333 e. The largest absolute Gasteiger partial charge is 0.466 e. The number of imide groups is 1. The van der Waals surface area contributed by atoms with Gasteiger partial charge >= 0.3 is 11.9 Å². The fourth-order valence-corrected chi connectivity index (χ4v) is 5.10. The highest BCUT2D eigenvalue weighted by atomic mass is 32.2. The second kappa shape index (κ2) is 16.5. The van der Waals surface area contributed by atoms with Gasteiger partial charge in [0.2, 0.25) is 0 Å². The molecule has 2 atom stereocenters. The molecule has 0 saturated carbocycles. The Balaban J connectivity index is 1.90. The van der Waals surface area contributed by atoms with Crippen molar-refractivity contribution < 1.29 is 42.8 Å². The Morgan fingerprint density at radius 3 is 2.26 bits per heavy atom. The Morgan fingerprint density at radius 1 is 1.00 bits per heavy atom. The number of esters is 1. The average molecular weight is 568 g/mol. The van der Waals surface area contributed by atoms with Crippen LogP contribution < -0.4 is 5.32 Å². The number of unbranched alkanes of at least 4 members (excludes halogenated alkanes) is 4. The van der Waals surface area contributed by atoms with Gasteiger partial charge in [0.15, 0.2) is 11.1 Å². The molecule has 0 radical (unpaired) electrons. The number of benzene rings is 1. The summed E-state index contributed by atoms with van der Waals surface area (Å²) in [6.45, 7) is 7.29. The van der Waals surface area contributed by atoms with Gasteiger partial charge in [-0.3, -0.25) is 14.4 Å². The summed E-state index contributed by atoms with van der Waals surface area (Å²) in [5, 5.41) is 2.74. The van der Waals surface area contributed by atoms with Crippen molar-refractivity contribution in [3.05, 3.63) is 23.8 Å². The topological polar surface area (TPSA) is 144 Å². The number of rotatable bonds is 18. The summed E-state index contributed by atoms with van der Waals surface area (Å²) in [6.07, 6.45) is 7.13. The summed E-state index contributed by atoms with van der Waals surface area (Å²) in [7, 11) is 0. The zero-order chi connectivity index (χ0) is 28.8. The number of amides is 2. The van der Waals surface area contributed by atoms with E-state index in [9.17, 15) is 27.9 Å². The van der Waals surface area contributed by atoms with Crippen molar-refractivity contribution >= 4 is 40.5 Å². The Labute approximate surface area is 233 Å². The standard InChI is InChI=1S/C28H42N2O8S/c1-4-28(3,18-10-6-8-13-27(34)38-30-24(31)16-17-25(30)32)22-20-21(39(35)36)14-15-23(22)29-19-11-7-9-12-26(33)37-5-2/h14-15,20,29H,4-13,16-19H2,1-3H3,(H,35,36)/p+1. The minimum absolute atomic E-state index is 0.0711. The highest BCUT2D eigenvalue weighted by Crippen LogP contribution is 2.37. The molecule has 1 aliphatic rings. The fraction of sp³-hybridized carbons (Fsp3) is 0.643. The number of ether oxygens (including phenoxy) is 1. The SMILES string of the molecule is CCOC(=O)CCCCC[NH2+]c1ccc(S(=O)O)cc1C(C)(CC)CCCCCC(=O)ON1C(=O)CCC1=O. The first kappa shape index (κ1) is 32.6. The second-order valence-electron chi connectivity index (χ2n) is 10.1. The minimum atomic E-state index is -2.08. The van der Waals surface area contributed by atoms with Gasteiger partial charge in [0.05, 0.1) is 18.0 Å². The van der Waals surface area contributed by atoms with Crippen LogP contribution in [0, 0.1) is 0 Å². The maximum absolute atomic E-state index is 12.1. The van der Waals surface area contributed by atoms with Crippen molar-refractivity contribution in [3.63, 3.8) is 0 Å². The van der Waals surface area contributed by atoms with E-state index in [1.807, 2.05) is 12.1 Å². The molecule has 10 nitrogen and oxygen atoms in total. The van der Waals surface area contributed by atoms with Crippen molar-refractivity contribution in [1.82, 2.24) is 5.06 Å². The van der Waals surface area contributed by atoms with Gasteiger partial charge in [-0.15, -0.1) is 5.06 Å². The van der Waals surface area contributed by atoms with E-state index in [1.54, 1.807) is 13.0 Å². The van der Waals surface area contributed by atoms with Crippen molar-refractivity contribution in [2.24, 2.45) is 0 Å². The summed E-state index contributed by atoms with van der Waals surface area (Å²) < 4.78 is 26.5. The van der Waals surface area contributed by atoms with Crippen LogP contribution in [-0.2, 0) is 45.2 Å². The van der Waals surface area contributed by atoms with Gasteiger partial charge in [0, 0.05) is 37.3 Å². The Bertz CT molecular complexity index is 1010. The average Bonchev–Trinajstić information content (AvgIpc) is 3.22. The molecule has 2 amide bonds. The number of carbonyl (C=O) groups is 4. The highest BCUT2D eigenvalue weighted by Gasteiger charge is 2.33. The second-order valence-corrected chi connectivity index (χ2v) is 11.1. The Hall–Kier alpha value is -2.63. The number of nitrogens with two attached hydrogens (primary N) is 1. The van der Waals surface area contributed by atoms with E-state index in [4.69, 9.17) is 9.57 Å². The third kappa shape index (κ3) is 10.5. The molecular formula is C28H43N2O8S+. The highest BCUT2D eigenvalue weighted by molar-refractivity contribution is 7.79. The van der Waals surface area contributed by atoms with Gasteiger partial charge in [-0.05, 0) is 63.0 Å². The van der Waals surface area contributed by atoms with E-state index in [0.717, 1.165) is 62.7 Å². The first-order valence-corrected chi connectivity index (χ1v) is 15.0. The molecule has 39 heavy (non-hydrogen) atoms. The number of quaternary nitrogens is 1. The van der Waals surface area contributed by atoms with Crippen LogP contribution in [0.25, 0.3) is 0 Å². The third-order valence-corrected chi connectivity index (χ3v) is 7.88. The summed E-state index contributed by atoms with van der Waals surface area (Å²) >= 11 is -2.08. The molecule has 1 fully saturated rings. The fourth-order valence-electron chi connectivity index (χ4n) is 4.69. The zero-order valence-corrected chi connectivity index (χ0v) is 24.2. The minimum Gasteiger partial charge on any atom is -0.466 e. The van der Waals surface area contributed by atoms with E-state index < -0.39 is 28.9 Å². The summed E-state index contributed by atoms with van der Waals surface area (Å²) in [4.78, 5) is 52.0. The monoisotopic (exact) mass is 567 g/mol. The van der Waals surface area contributed by atoms with Crippen molar-refractivity contribution in [2.75, 3.05) is 13.2 Å². The maximum atomic E-state index is 12.1. The number of hydrogen-bond acceptors (Lipinski definition) is 7. The molecule has 0 bridgehead atoms. The molecule has 1 aromatic rings. The van der Waals surface area contributed by atoms with E-state index in [2.05, 4.69) is 19.2 Å². The van der Waals surface area contributed by atoms with E-state index in [-0.39, 0.29) is 30.6 Å². The molecule has 0 spiro atoms. The van der Waals surface area contributed by atoms with Gasteiger partial charge in [0.25, 0.3) is 11.8 Å². The Kier molecular flexibility index (Phi) is 13.8. The molecule has 11 heteroatoms. The molecule has 1 saturated heterocycles. The lowest BCUT2D eigenvalue weighted by atomic mass is 9.75. The first-order valence-electron chi connectivity index (χ1n) is 13.9. The van der Waals surface area contributed by atoms with Crippen LogP contribution in [0.5, 0.6) is 0 Å². The predicted molar refractivity (Wildman–Crippen MR) is 145 cm³/mol. The lowest BCUT2D eigenvalue weighted by molar-refractivity contribution is -0.572. The zero-order valence-electron chi connectivity index (χ0n) is 23.4. The van der Waals surface area contributed by atoms with Crippen molar-refractivity contribution in [2.45, 2.75) is 108 Å². The normalized spacial score (nSPS) is 15.7. The van der Waals surface area contributed by atoms with E-state index >= 15 is 0 Å². The molecule has 218 valence electrons. The van der Waals surface area contributed by atoms with Gasteiger partial charge in [-0.1, -0.05) is 26.7 Å². The van der Waals surface area contributed by atoms with Gasteiger partial charge < -0.3 is 19.4 Å². The number of carbonyl (C=O) groups excluding carboxylic acids is 4. The molecular weight excluding hydrogens is 524 g/mol. The van der Waals surface area contributed by atoms with E-state index in [1.165, 1.54) is 0 Å². The molecule has 2 unspecified atom stereocenters. The van der Waals surface area contributed by atoms with Crippen molar-refractivity contribution in [3.8, 4) is 0 Å². The van der Waals surface area contributed by atoms with Crippen LogP contribution in [0.4, 0.5) is 5.69 Å². The maximum Gasteiger partial charge on any atom is 0.333 e. The van der Waals surface area contributed by atoms with Gasteiger partial charge in [-0.25, -0.2) is 9.00 Å². The van der Waals surface area contributed by atoms with E-state index in [0.29, 0.717) is 29.4 Å². The molecule has 2 rings (SSSR count). The number of hydrogen-bond donors (Lipinski definition) is 2. The summed E-state index contributed by atoms with van der Waals surface area (Å²) in [6, 6.07) is 5.42. The van der Waals surface area contributed by atoms with Gasteiger partial charge in [-0.2, -0.15) is 0 Å². The van der Waals surface area contributed by atoms with Crippen LogP contribution >= 0.6 is 0 Å². The molecule has 0 aliphatic carbocycles. The van der Waals surface area contributed by atoms with Crippen molar-refractivity contribution in [1.29, 1.82) is 0 Å². The molecule has 3 N–H and O–H groups in total. The van der Waals surface area contributed by atoms with Crippen LogP contribution in [0.1, 0.15) is 103 Å². The Morgan fingerprint density at radius 2 is 1.64 bits per heavy atom. The van der Waals surface area contributed by atoms with Crippen LogP contribution in [0.15, 0.2) is 23.1 Å². The summed E-state index contributed by atoms with van der Waals surface area (Å²) in [5.41, 5.74) is 1.84. The molecule has 1 heterocycles. The van der Waals surface area contributed by atoms with Gasteiger partial charge in [0.1, 0.15) is 5.69 Å². The third-order valence-electron chi connectivity index (χ3n) is 7.22. The molecule has 0 aromatic heterocycles. The lowest BCUT2D eigenvalue weighted by Crippen LogP contribution is -2.78. The number of hydroxylamine groups is 2. The predicted octanol–water partition coefficient (Wildman–Crippen LogP) is 3.81. The molecule has 1 aliphatic heterocycles. The molecule has 1 aromatic carbocycles. The quantitative estimate of drug-likeness (QED) is 0.0896. The van der Waals surface area contributed by atoms with Crippen LogP contribution in [-0.4, -0.2) is 50.7 Å². The lowest BCUT2D eigenvalue weighted by Gasteiger charge is -2.30. The first-order chi connectivity index (χ1) is 18.6.